The van der Waals surface area contributed by atoms with Crippen molar-refractivity contribution in [3.63, 3.8) is 0 Å². The molecule has 0 N–H and O–H groups in total. The molecule has 3 nitrogen and oxygen atoms in total. The maximum absolute atomic E-state index is 12.9. The van der Waals surface area contributed by atoms with Gasteiger partial charge in [-0.2, -0.15) is 0 Å². The normalized spacial score (nSPS) is 16.0. The van der Waals surface area contributed by atoms with Gasteiger partial charge in [-0.05, 0) is 30.3 Å². The number of ether oxygens (including phenoxy) is 1. The minimum Gasteiger partial charge on any atom is -0.486 e. The Morgan fingerprint density at radius 1 is 1.20 bits per heavy atom. The SMILES string of the molecule is O=C(COc1ccccc1)C1CSc2sc3cc(Cl)ccc3c(=O)c21. The second-order valence-corrected chi connectivity index (χ2v) is 8.48. The number of hydrogen-bond donors (Lipinski definition) is 0. The molecular formula is C19H13ClO3S2. The summed E-state index contributed by atoms with van der Waals surface area (Å²) in [6.07, 6.45) is 0. The number of carbonyl (C=O) groups is 1. The van der Waals surface area contributed by atoms with Crippen molar-refractivity contribution >= 4 is 50.6 Å². The van der Waals surface area contributed by atoms with E-state index >= 15 is 0 Å². The minimum absolute atomic E-state index is 0.0303. The van der Waals surface area contributed by atoms with Crippen molar-refractivity contribution in [1.29, 1.82) is 0 Å². The van der Waals surface area contributed by atoms with Crippen molar-refractivity contribution in [1.82, 2.24) is 0 Å². The summed E-state index contributed by atoms with van der Waals surface area (Å²) < 4.78 is 7.34. The molecule has 0 radical (unpaired) electrons. The third-order valence-electron chi connectivity index (χ3n) is 4.10. The van der Waals surface area contributed by atoms with Crippen LogP contribution < -0.4 is 10.2 Å². The van der Waals surface area contributed by atoms with Gasteiger partial charge >= 0.3 is 0 Å². The first-order valence-electron chi connectivity index (χ1n) is 7.73. The lowest BCUT2D eigenvalue weighted by Crippen LogP contribution is -2.24. The molecule has 3 aromatic rings. The van der Waals surface area contributed by atoms with Crippen molar-refractivity contribution in [2.24, 2.45) is 0 Å². The van der Waals surface area contributed by atoms with Crippen molar-refractivity contribution < 1.29 is 9.53 Å². The van der Waals surface area contributed by atoms with Crippen LogP contribution in [0.4, 0.5) is 0 Å². The number of fused-ring (bicyclic) bond motifs is 2. The summed E-state index contributed by atoms with van der Waals surface area (Å²) >= 11 is 9.11. The molecule has 1 aliphatic heterocycles. The molecule has 1 atom stereocenters. The predicted molar refractivity (Wildman–Crippen MR) is 104 cm³/mol. The van der Waals surface area contributed by atoms with E-state index < -0.39 is 5.92 Å². The number of halogens is 1. The lowest BCUT2D eigenvalue weighted by Gasteiger charge is -2.11. The maximum atomic E-state index is 12.9. The summed E-state index contributed by atoms with van der Waals surface area (Å²) in [5.74, 6) is 0.766. The lowest BCUT2D eigenvalue weighted by atomic mass is 9.98. The van der Waals surface area contributed by atoms with Crippen LogP contribution in [0.2, 0.25) is 5.02 Å². The van der Waals surface area contributed by atoms with Crippen LogP contribution in [0.1, 0.15) is 11.5 Å². The van der Waals surface area contributed by atoms with E-state index in [1.165, 1.54) is 11.3 Å². The first kappa shape index (κ1) is 16.6. The maximum Gasteiger partial charge on any atom is 0.193 e. The second-order valence-electron chi connectivity index (χ2n) is 5.70. The van der Waals surface area contributed by atoms with Crippen LogP contribution in [0.5, 0.6) is 5.75 Å². The highest BCUT2D eigenvalue weighted by molar-refractivity contribution is 8.01. The van der Waals surface area contributed by atoms with Crippen molar-refractivity contribution in [2.75, 3.05) is 12.4 Å². The fourth-order valence-electron chi connectivity index (χ4n) is 2.84. The average molecular weight is 389 g/mol. The summed E-state index contributed by atoms with van der Waals surface area (Å²) in [7, 11) is 0. The molecule has 0 saturated heterocycles. The number of Topliss-reactive ketones (excluding diaryl/α,β-unsaturated/α-hetero) is 1. The van der Waals surface area contributed by atoms with Gasteiger partial charge in [-0.3, -0.25) is 9.59 Å². The molecule has 1 aliphatic rings. The number of carbonyl (C=O) groups excluding carboxylic acids is 1. The van der Waals surface area contributed by atoms with Crippen LogP contribution in [0.3, 0.4) is 0 Å². The summed E-state index contributed by atoms with van der Waals surface area (Å²) in [6.45, 7) is -0.0303. The molecule has 2 aromatic carbocycles. The Kier molecular flexibility index (Phi) is 4.54. The largest absolute Gasteiger partial charge is 0.486 e. The Balaban J connectivity index is 1.64. The van der Waals surface area contributed by atoms with Crippen LogP contribution in [0.15, 0.2) is 57.5 Å². The molecule has 0 fully saturated rings. The summed E-state index contributed by atoms with van der Waals surface area (Å²) in [5.41, 5.74) is 0.551. The zero-order valence-corrected chi connectivity index (χ0v) is 15.4. The molecule has 0 aliphatic carbocycles. The van der Waals surface area contributed by atoms with Crippen LogP contribution in [-0.4, -0.2) is 18.1 Å². The smallest absolute Gasteiger partial charge is 0.193 e. The first-order valence-corrected chi connectivity index (χ1v) is 9.91. The van der Waals surface area contributed by atoms with E-state index in [4.69, 9.17) is 16.3 Å². The van der Waals surface area contributed by atoms with Crippen LogP contribution >= 0.6 is 34.7 Å². The summed E-state index contributed by atoms with van der Waals surface area (Å²) in [6, 6.07) is 14.5. The monoisotopic (exact) mass is 388 g/mol. The molecule has 0 bridgehead atoms. The Morgan fingerprint density at radius 2 is 2.00 bits per heavy atom. The van der Waals surface area contributed by atoms with Gasteiger partial charge in [-0.1, -0.05) is 29.8 Å². The van der Waals surface area contributed by atoms with Gasteiger partial charge in [-0.15, -0.1) is 23.1 Å². The molecule has 126 valence electrons. The fourth-order valence-corrected chi connectivity index (χ4v) is 5.84. The number of ketones is 1. The zero-order chi connectivity index (χ0) is 17.4. The Labute approximate surface area is 157 Å². The van der Waals surface area contributed by atoms with Gasteiger partial charge in [0, 0.05) is 26.4 Å². The number of benzene rings is 2. The topological polar surface area (TPSA) is 43.4 Å². The Hall–Kier alpha value is -1.82. The van der Waals surface area contributed by atoms with Crippen LogP contribution in [0, 0.1) is 0 Å². The average Bonchev–Trinajstić information content (AvgIpc) is 3.04. The van der Waals surface area contributed by atoms with E-state index in [0.717, 1.165) is 8.91 Å². The molecule has 0 amide bonds. The van der Waals surface area contributed by atoms with Gasteiger partial charge < -0.3 is 4.74 Å². The van der Waals surface area contributed by atoms with E-state index in [0.29, 0.717) is 27.5 Å². The highest BCUT2D eigenvalue weighted by atomic mass is 35.5. The van der Waals surface area contributed by atoms with Gasteiger partial charge in [0.05, 0.1) is 10.1 Å². The van der Waals surface area contributed by atoms with Gasteiger partial charge in [-0.25, -0.2) is 0 Å². The minimum atomic E-state index is -0.410. The van der Waals surface area contributed by atoms with Gasteiger partial charge in [0.25, 0.3) is 0 Å². The Bertz CT molecular complexity index is 1010. The molecule has 25 heavy (non-hydrogen) atoms. The van der Waals surface area contributed by atoms with Gasteiger partial charge in [0.15, 0.2) is 11.2 Å². The van der Waals surface area contributed by atoms with E-state index in [1.807, 2.05) is 30.3 Å². The first-order chi connectivity index (χ1) is 12.1. The molecule has 0 spiro atoms. The van der Waals surface area contributed by atoms with Gasteiger partial charge in [0.1, 0.15) is 12.4 Å². The number of rotatable bonds is 4. The lowest BCUT2D eigenvalue weighted by molar-refractivity contribution is -0.122. The fraction of sp³-hybridized carbons (Fsp3) is 0.158. The van der Waals surface area contributed by atoms with E-state index in [2.05, 4.69) is 0 Å². The van der Waals surface area contributed by atoms with Crippen LogP contribution in [0.25, 0.3) is 10.1 Å². The zero-order valence-electron chi connectivity index (χ0n) is 13.0. The second kappa shape index (κ2) is 6.83. The highest BCUT2D eigenvalue weighted by Gasteiger charge is 2.33. The van der Waals surface area contributed by atoms with Crippen molar-refractivity contribution in [2.45, 2.75) is 10.1 Å². The highest BCUT2D eigenvalue weighted by Crippen LogP contribution is 2.43. The molecular weight excluding hydrogens is 376 g/mol. The Morgan fingerprint density at radius 3 is 2.80 bits per heavy atom. The van der Waals surface area contributed by atoms with E-state index in [-0.39, 0.29) is 17.8 Å². The summed E-state index contributed by atoms with van der Waals surface area (Å²) in [4.78, 5) is 25.5. The molecule has 0 saturated carbocycles. The van der Waals surface area contributed by atoms with E-state index in [9.17, 15) is 9.59 Å². The van der Waals surface area contributed by atoms with Crippen molar-refractivity contribution in [3.8, 4) is 5.75 Å². The molecule has 4 rings (SSSR count). The third-order valence-corrected chi connectivity index (χ3v) is 6.88. The van der Waals surface area contributed by atoms with E-state index in [1.54, 1.807) is 30.0 Å². The number of hydrogen-bond acceptors (Lipinski definition) is 5. The van der Waals surface area contributed by atoms with Crippen LogP contribution in [-0.2, 0) is 4.79 Å². The molecule has 6 heteroatoms. The quantitative estimate of drug-likeness (QED) is 0.646. The molecule has 1 aromatic heterocycles. The van der Waals surface area contributed by atoms with Gasteiger partial charge in [0.2, 0.25) is 0 Å². The van der Waals surface area contributed by atoms with Crippen molar-refractivity contribution in [3.05, 3.63) is 69.3 Å². The predicted octanol–water partition coefficient (Wildman–Crippen LogP) is 4.75. The standard InChI is InChI=1S/C19H13ClO3S2/c20-11-6-7-13-16(8-11)25-19-17(18(13)22)14(10-24-19)15(21)9-23-12-4-2-1-3-5-12/h1-8,14H,9-10H2. The summed E-state index contributed by atoms with van der Waals surface area (Å²) in [5, 5.41) is 1.23. The molecule has 2 heterocycles. The number of thioether (sulfide) groups is 1. The number of para-hydroxylation sites is 1. The molecule has 1 unspecified atom stereocenters. The third kappa shape index (κ3) is 3.19.